The lowest BCUT2D eigenvalue weighted by molar-refractivity contribution is -0.168. The molecule has 0 bridgehead atoms. The number of rotatable bonds is 3. The highest BCUT2D eigenvalue weighted by molar-refractivity contribution is 5.66. The SMILES string of the molecule is CC(=O)OC(O)C(C)c1ccccc1. The van der Waals surface area contributed by atoms with Gasteiger partial charge in [-0.2, -0.15) is 0 Å². The van der Waals surface area contributed by atoms with Crippen LogP contribution in [0.15, 0.2) is 30.3 Å². The Hall–Kier alpha value is -1.35. The van der Waals surface area contributed by atoms with E-state index >= 15 is 0 Å². The fourth-order valence-electron chi connectivity index (χ4n) is 1.19. The van der Waals surface area contributed by atoms with Gasteiger partial charge in [0.05, 0.1) is 0 Å². The molecule has 1 N–H and O–H groups in total. The molecule has 0 aliphatic heterocycles. The zero-order chi connectivity index (χ0) is 10.6. The van der Waals surface area contributed by atoms with E-state index in [9.17, 15) is 9.90 Å². The molecule has 1 aromatic carbocycles. The normalized spacial score (nSPS) is 14.5. The number of aliphatic hydroxyl groups excluding tert-OH is 1. The number of ether oxygens (including phenoxy) is 1. The number of carbonyl (C=O) groups is 1. The van der Waals surface area contributed by atoms with E-state index in [0.29, 0.717) is 0 Å². The average Bonchev–Trinajstić information content (AvgIpc) is 2.17. The molecule has 2 unspecified atom stereocenters. The van der Waals surface area contributed by atoms with Crippen LogP contribution >= 0.6 is 0 Å². The Bertz CT molecular complexity index is 295. The topological polar surface area (TPSA) is 46.5 Å². The summed E-state index contributed by atoms with van der Waals surface area (Å²) in [5.74, 6) is -0.680. The number of carbonyl (C=O) groups excluding carboxylic acids is 1. The van der Waals surface area contributed by atoms with E-state index in [4.69, 9.17) is 0 Å². The Balaban J connectivity index is 2.65. The van der Waals surface area contributed by atoms with Gasteiger partial charge in [-0.05, 0) is 5.56 Å². The summed E-state index contributed by atoms with van der Waals surface area (Å²) in [6, 6.07) is 9.43. The maximum Gasteiger partial charge on any atom is 0.304 e. The molecular formula is C11H14O3. The number of aliphatic hydroxyl groups is 1. The van der Waals surface area contributed by atoms with E-state index in [2.05, 4.69) is 4.74 Å². The molecule has 3 nitrogen and oxygen atoms in total. The summed E-state index contributed by atoms with van der Waals surface area (Å²) in [5, 5.41) is 9.50. The standard InChI is InChI=1S/C11H14O3/c1-8(11(13)14-9(2)12)10-6-4-3-5-7-10/h3-8,11,13H,1-2H3. The molecule has 0 aliphatic carbocycles. The molecule has 0 radical (unpaired) electrons. The molecule has 0 saturated heterocycles. The van der Waals surface area contributed by atoms with Crippen LogP contribution in [0.4, 0.5) is 0 Å². The highest BCUT2D eigenvalue weighted by Crippen LogP contribution is 2.19. The number of esters is 1. The van der Waals surface area contributed by atoms with Crippen LogP contribution in [0, 0.1) is 0 Å². The molecule has 76 valence electrons. The number of hydrogen-bond acceptors (Lipinski definition) is 3. The third-order valence-electron chi connectivity index (χ3n) is 2.04. The molecule has 0 aliphatic rings. The average molecular weight is 194 g/mol. The Labute approximate surface area is 83.3 Å². The van der Waals surface area contributed by atoms with Gasteiger partial charge in [0.2, 0.25) is 6.29 Å². The largest absolute Gasteiger partial charge is 0.435 e. The maximum absolute atomic E-state index is 10.6. The van der Waals surface area contributed by atoms with Gasteiger partial charge in [-0.1, -0.05) is 37.3 Å². The van der Waals surface area contributed by atoms with Crippen molar-refractivity contribution >= 4 is 5.97 Å². The van der Waals surface area contributed by atoms with Gasteiger partial charge >= 0.3 is 5.97 Å². The maximum atomic E-state index is 10.6. The van der Waals surface area contributed by atoms with Gasteiger partial charge < -0.3 is 9.84 Å². The summed E-state index contributed by atoms with van der Waals surface area (Å²) >= 11 is 0. The second-order valence-electron chi connectivity index (χ2n) is 3.20. The van der Waals surface area contributed by atoms with Crippen LogP contribution in [-0.4, -0.2) is 17.4 Å². The molecule has 0 heterocycles. The highest BCUT2D eigenvalue weighted by Gasteiger charge is 2.18. The van der Waals surface area contributed by atoms with Crippen molar-refractivity contribution in [2.24, 2.45) is 0 Å². The van der Waals surface area contributed by atoms with Crippen LogP contribution in [0.1, 0.15) is 25.3 Å². The van der Waals surface area contributed by atoms with E-state index < -0.39 is 12.3 Å². The van der Waals surface area contributed by atoms with Gasteiger partial charge in [-0.25, -0.2) is 0 Å². The van der Waals surface area contributed by atoms with Crippen LogP contribution in [0.3, 0.4) is 0 Å². The number of benzene rings is 1. The quantitative estimate of drug-likeness (QED) is 0.588. The second kappa shape index (κ2) is 4.77. The molecule has 2 atom stereocenters. The van der Waals surface area contributed by atoms with Crippen molar-refractivity contribution in [3.05, 3.63) is 35.9 Å². The van der Waals surface area contributed by atoms with Gasteiger partial charge in [0.1, 0.15) is 0 Å². The van der Waals surface area contributed by atoms with Gasteiger partial charge in [0.15, 0.2) is 0 Å². The zero-order valence-corrected chi connectivity index (χ0v) is 8.31. The molecular weight excluding hydrogens is 180 g/mol. The van der Waals surface area contributed by atoms with Crippen LogP contribution in [-0.2, 0) is 9.53 Å². The lowest BCUT2D eigenvalue weighted by Crippen LogP contribution is -2.22. The molecule has 0 amide bonds. The first-order valence-electron chi connectivity index (χ1n) is 4.51. The Morgan fingerprint density at radius 1 is 1.36 bits per heavy atom. The Kier molecular flexibility index (Phi) is 3.65. The first kappa shape index (κ1) is 10.7. The molecule has 0 aromatic heterocycles. The van der Waals surface area contributed by atoms with Crippen molar-refractivity contribution in [3.63, 3.8) is 0 Å². The molecule has 1 aromatic rings. The van der Waals surface area contributed by atoms with E-state index in [1.165, 1.54) is 6.92 Å². The Morgan fingerprint density at radius 2 is 1.93 bits per heavy atom. The Morgan fingerprint density at radius 3 is 2.43 bits per heavy atom. The molecule has 3 heteroatoms. The molecule has 1 rings (SSSR count). The molecule has 14 heavy (non-hydrogen) atoms. The first-order valence-corrected chi connectivity index (χ1v) is 4.51. The summed E-state index contributed by atoms with van der Waals surface area (Å²) in [6.45, 7) is 3.09. The monoisotopic (exact) mass is 194 g/mol. The second-order valence-corrected chi connectivity index (χ2v) is 3.20. The summed E-state index contributed by atoms with van der Waals surface area (Å²) < 4.78 is 4.68. The third kappa shape index (κ3) is 2.85. The van der Waals surface area contributed by atoms with Crippen LogP contribution < -0.4 is 0 Å². The predicted molar refractivity (Wildman–Crippen MR) is 52.6 cm³/mol. The van der Waals surface area contributed by atoms with Crippen molar-refractivity contribution in [1.82, 2.24) is 0 Å². The van der Waals surface area contributed by atoms with Crippen LogP contribution in [0.2, 0.25) is 0 Å². The van der Waals surface area contributed by atoms with Crippen LogP contribution in [0.5, 0.6) is 0 Å². The molecule has 0 spiro atoms. The van der Waals surface area contributed by atoms with Crippen LogP contribution in [0.25, 0.3) is 0 Å². The van der Waals surface area contributed by atoms with E-state index in [1.807, 2.05) is 37.3 Å². The van der Waals surface area contributed by atoms with Gasteiger partial charge in [-0.15, -0.1) is 0 Å². The van der Waals surface area contributed by atoms with Crippen molar-refractivity contribution in [3.8, 4) is 0 Å². The minimum Gasteiger partial charge on any atom is -0.435 e. The highest BCUT2D eigenvalue weighted by atomic mass is 16.6. The van der Waals surface area contributed by atoms with E-state index in [-0.39, 0.29) is 5.92 Å². The molecule has 0 fully saturated rings. The summed E-state index contributed by atoms with van der Waals surface area (Å²) in [7, 11) is 0. The van der Waals surface area contributed by atoms with Gasteiger partial charge in [-0.3, -0.25) is 4.79 Å². The lowest BCUT2D eigenvalue weighted by atomic mass is 10.0. The zero-order valence-electron chi connectivity index (χ0n) is 8.31. The fourth-order valence-corrected chi connectivity index (χ4v) is 1.19. The van der Waals surface area contributed by atoms with Crippen molar-refractivity contribution in [2.75, 3.05) is 0 Å². The minimum absolute atomic E-state index is 0.208. The summed E-state index contributed by atoms with van der Waals surface area (Å²) in [6.07, 6.45) is -1.07. The number of hydrogen-bond donors (Lipinski definition) is 1. The fraction of sp³-hybridized carbons (Fsp3) is 0.364. The molecule has 0 saturated carbocycles. The van der Waals surface area contributed by atoms with E-state index in [1.54, 1.807) is 0 Å². The lowest BCUT2D eigenvalue weighted by Gasteiger charge is -2.18. The van der Waals surface area contributed by atoms with E-state index in [0.717, 1.165) is 5.56 Å². The smallest absolute Gasteiger partial charge is 0.304 e. The van der Waals surface area contributed by atoms with Crippen molar-refractivity contribution in [1.29, 1.82) is 0 Å². The van der Waals surface area contributed by atoms with Crippen molar-refractivity contribution in [2.45, 2.75) is 26.1 Å². The third-order valence-corrected chi connectivity index (χ3v) is 2.04. The summed E-state index contributed by atoms with van der Waals surface area (Å²) in [5.41, 5.74) is 0.946. The van der Waals surface area contributed by atoms with Gasteiger partial charge in [0.25, 0.3) is 0 Å². The first-order chi connectivity index (χ1) is 6.61. The summed E-state index contributed by atoms with van der Waals surface area (Å²) in [4.78, 5) is 10.6. The minimum atomic E-state index is -1.07. The van der Waals surface area contributed by atoms with Crippen molar-refractivity contribution < 1.29 is 14.6 Å². The predicted octanol–water partition coefficient (Wildman–Crippen LogP) is 1.67. The van der Waals surface area contributed by atoms with Gasteiger partial charge in [0, 0.05) is 12.8 Å².